The molecule has 1 N–H and O–H groups in total. The zero-order chi connectivity index (χ0) is 17.6. The summed E-state index contributed by atoms with van der Waals surface area (Å²) in [5.41, 5.74) is 1.76. The van der Waals surface area contributed by atoms with Crippen LogP contribution in [0.5, 0.6) is 11.5 Å². The van der Waals surface area contributed by atoms with Gasteiger partial charge >= 0.3 is 0 Å². The Morgan fingerprint density at radius 3 is 2.80 bits per heavy atom. The van der Waals surface area contributed by atoms with Gasteiger partial charge in [-0.1, -0.05) is 12.1 Å². The Kier molecular flexibility index (Phi) is 5.30. The van der Waals surface area contributed by atoms with E-state index in [1.165, 1.54) is 6.08 Å². The number of hydrogen-bond acceptors (Lipinski definition) is 5. The summed E-state index contributed by atoms with van der Waals surface area (Å²) >= 11 is 1.58. The predicted molar refractivity (Wildman–Crippen MR) is 100 cm³/mol. The Labute approximate surface area is 149 Å². The lowest BCUT2D eigenvalue weighted by Crippen LogP contribution is -2.20. The molecule has 0 bridgehead atoms. The fourth-order valence-electron chi connectivity index (χ4n) is 2.34. The molecule has 0 atom stereocenters. The van der Waals surface area contributed by atoms with E-state index in [-0.39, 0.29) is 5.91 Å². The molecule has 0 radical (unpaired) electrons. The molecule has 3 aromatic rings. The molecule has 0 aliphatic rings. The Hall–Kier alpha value is -2.86. The van der Waals surface area contributed by atoms with Gasteiger partial charge in [0.05, 0.1) is 31.0 Å². The first kappa shape index (κ1) is 17.0. The topological polar surface area (TPSA) is 60.5 Å². The number of ether oxygens (including phenoxy) is 2. The van der Waals surface area contributed by atoms with E-state index in [2.05, 4.69) is 10.3 Å². The minimum absolute atomic E-state index is 0.183. The number of nitrogens with one attached hydrogen (secondary N) is 1. The van der Waals surface area contributed by atoms with Crippen molar-refractivity contribution in [1.82, 2.24) is 10.3 Å². The van der Waals surface area contributed by atoms with Crippen LogP contribution in [-0.2, 0) is 11.3 Å². The molecule has 25 heavy (non-hydrogen) atoms. The zero-order valence-electron chi connectivity index (χ0n) is 14.0. The summed E-state index contributed by atoms with van der Waals surface area (Å²) in [5, 5.41) is 3.73. The molecule has 0 saturated carbocycles. The molecule has 2 aromatic carbocycles. The number of fused-ring (bicyclic) bond motifs is 1. The third-order valence-electron chi connectivity index (χ3n) is 3.61. The van der Waals surface area contributed by atoms with Crippen LogP contribution in [0.3, 0.4) is 0 Å². The van der Waals surface area contributed by atoms with E-state index in [0.29, 0.717) is 18.0 Å². The van der Waals surface area contributed by atoms with Gasteiger partial charge in [0.1, 0.15) is 16.5 Å². The van der Waals surface area contributed by atoms with Gasteiger partial charge in [0.25, 0.3) is 0 Å². The summed E-state index contributed by atoms with van der Waals surface area (Å²) in [7, 11) is 3.18. The molecule has 0 saturated heterocycles. The number of benzene rings is 2. The van der Waals surface area contributed by atoms with Crippen LogP contribution in [0.2, 0.25) is 0 Å². The standard InChI is InChI=1S/C19H18N2O3S/c1-23-14-9-7-13(16(11-14)24-2)8-10-18(22)20-12-19-21-15-5-3-4-6-17(15)25-19/h3-11H,12H2,1-2H3,(H,20,22). The number of carbonyl (C=O) groups is 1. The average Bonchev–Trinajstić information content (AvgIpc) is 3.07. The highest BCUT2D eigenvalue weighted by atomic mass is 32.1. The molecule has 6 heteroatoms. The molecule has 0 unspecified atom stereocenters. The Morgan fingerprint density at radius 1 is 1.20 bits per heavy atom. The molecule has 3 rings (SSSR count). The molecule has 5 nitrogen and oxygen atoms in total. The van der Waals surface area contributed by atoms with Crippen LogP contribution < -0.4 is 14.8 Å². The highest BCUT2D eigenvalue weighted by molar-refractivity contribution is 7.18. The van der Waals surface area contributed by atoms with Gasteiger partial charge in [0.2, 0.25) is 5.91 Å². The van der Waals surface area contributed by atoms with Crippen LogP contribution in [0.15, 0.2) is 48.5 Å². The summed E-state index contributed by atoms with van der Waals surface area (Å²) in [5.74, 6) is 1.17. The van der Waals surface area contributed by atoms with Crippen LogP contribution >= 0.6 is 11.3 Å². The molecule has 128 valence electrons. The Bertz CT molecular complexity index is 885. The fourth-order valence-corrected chi connectivity index (χ4v) is 3.25. The number of nitrogens with zero attached hydrogens (tertiary/aromatic N) is 1. The largest absolute Gasteiger partial charge is 0.497 e. The number of amides is 1. The van der Waals surface area contributed by atoms with Gasteiger partial charge in [-0.25, -0.2) is 4.98 Å². The molecule has 1 heterocycles. The van der Waals surface area contributed by atoms with E-state index in [9.17, 15) is 4.79 Å². The van der Waals surface area contributed by atoms with E-state index in [0.717, 1.165) is 20.8 Å². The van der Waals surface area contributed by atoms with Crippen molar-refractivity contribution in [3.05, 3.63) is 59.1 Å². The van der Waals surface area contributed by atoms with Crippen LogP contribution in [0.4, 0.5) is 0 Å². The maximum atomic E-state index is 12.0. The Balaban J connectivity index is 1.63. The van der Waals surface area contributed by atoms with Crippen molar-refractivity contribution in [3.63, 3.8) is 0 Å². The maximum absolute atomic E-state index is 12.0. The quantitative estimate of drug-likeness (QED) is 0.687. The van der Waals surface area contributed by atoms with Crippen LogP contribution in [0.1, 0.15) is 10.6 Å². The van der Waals surface area contributed by atoms with Crippen LogP contribution in [-0.4, -0.2) is 25.1 Å². The molecule has 0 fully saturated rings. The van der Waals surface area contributed by atoms with Gasteiger partial charge in [-0.3, -0.25) is 4.79 Å². The average molecular weight is 354 g/mol. The summed E-state index contributed by atoms with van der Waals surface area (Å²) in [4.78, 5) is 16.5. The first-order valence-electron chi connectivity index (χ1n) is 7.72. The van der Waals surface area contributed by atoms with E-state index < -0.39 is 0 Å². The van der Waals surface area contributed by atoms with Gasteiger partial charge in [0.15, 0.2) is 0 Å². The number of carbonyl (C=O) groups excluding carboxylic acids is 1. The summed E-state index contributed by atoms with van der Waals surface area (Å²) < 4.78 is 11.6. The van der Waals surface area contributed by atoms with E-state index in [4.69, 9.17) is 9.47 Å². The third kappa shape index (κ3) is 4.16. The lowest BCUT2D eigenvalue weighted by atomic mass is 10.1. The molecular formula is C19H18N2O3S. The van der Waals surface area contributed by atoms with Crippen LogP contribution in [0.25, 0.3) is 16.3 Å². The first-order valence-corrected chi connectivity index (χ1v) is 8.53. The monoisotopic (exact) mass is 354 g/mol. The van der Waals surface area contributed by atoms with Crippen molar-refractivity contribution in [2.75, 3.05) is 14.2 Å². The second-order valence-electron chi connectivity index (χ2n) is 5.23. The number of hydrogen-bond donors (Lipinski definition) is 1. The van der Waals surface area contributed by atoms with E-state index >= 15 is 0 Å². The van der Waals surface area contributed by atoms with Crippen molar-refractivity contribution < 1.29 is 14.3 Å². The maximum Gasteiger partial charge on any atom is 0.244 e. The zero-order valence-corrected chi connectivity index (χ0v) is 14.8. The van der Waals surface area contributed by atoms with Crippen molar-refractivity contribution >= 4 is 33.5 Å². The highest BCUT2D eigenvalue weighted by Crippen LogP contribution is 2.25. The van der Waals surface area contributed by atoms with Crippen molar-refractivity contribution in [1.29, 1.82) is 0 Å². The summed E-state index contributed by atoms with van der Waals surface area (Å²) in [6.45, 7) is 0.405. The second kappa shape index (κ2) is 7.81. The lowest BCUT2D eigenvalue weighted by Gasteiger charge is -2.07. The minimum Gasteiger partial charge on any atom is -0.497 e. The summed E-state index contributed by atoms with van der Waals surface area (Å²) in [6.07, 6.45) is 3.20. The summed E-state index contributed by atoms with van der Waals surface area (Å²) in [6, 6.07) is 13.4. The molecule has 0 aliphatic carbocycles. The van der Waals surface area contributed by atoms with Gasteiger partial charge in [-0.15, -0.1) is 11.3 Å². The molecule has 1 aromatic heterocycles. The number of thiazole rings is 1. The normalized spacial score (nSPS) is 11.0. The number of para-hydroxylation sites is 1. The van der Waals surface area contributed by atoms with Crippen molar-refractivity contribution in [3.8, 4) is 11.5 Å². The highest BCUT2D eigenvalue weighted by Gasteiger charge is 2.05. The second-order valence-corrected chi connectivity index (χ2v) is 6.35. The van der Waals surface area contributed by atoms with Crippen molar-refractivity contribution in [2.45, 2.75) is 6.54 Å². The fraction of sp³-hybridized carbons (Fsp3) is 0.158. The van der Waals surface area contributed by atoms with Gasteiger partial charge in [-0.2, -0.15) is 0 Å². The van der Waals surface area contributed by atoms with Gasteiger partial charge in [-0.05, 0) is 30.3 Å². The Morgan fingerprint density at radius 2 is 2.04 bits per heavy atom. The van der Waals surface area contributed by atoms with Crippen LogP contribution in [0, 0.1) is 0 Å². The first-order chi connectivity index (χ1) is 12.2. The molecular weight excluding hydrogens is 336 g/mol. The molecule has 0 spiro atoms. The van der Waals surface area contributed by atoms with Crippen molar-refractivity contribution in [2.24, 2.45) is 0 Å². The third-order valence-corrected chi connectivity index (χ3v) is 4.64. The minimum atomic E-state index is -0.183. The lowest BCUT2D eigenvalue weighted by molar-refractivity contribution is -0.116. The number of aromatic nitrogens is 1. The van der Waals surface area contributed by atoms with Gasteiger partial charge in [0, 0.05) is 17.7 Å². The van der Waals surface area contributed by atoms with E-state index in [1.54, 1.807) is 37.7 Å². The SMILES string of the molecule is COc1ccc(C=CC(=O)NCc2nc3ccccc3s2)c(OC)c1. The number of rotatable bonds is 6. The van der Waals surface area contributed by atoms with E-state index in [1.807, 2.05) is 36.4 Å². The predicted octanol–water partition coefficient (Wildman–Crippen LogP) is 3.64. The molecule has 1 amide bonds. The number of methoxy groups -OCH3 is 2. The smallest absolute Gasteiger partial charge is 0.244 e. The molecule has 0 aliphatic heterocycles. The van der Waals surface area contributed by atoms with Gasteiger partial charge < -0.3 is 14.8 Å².